The van der Waals surface area contributed by atoms with Crippen molar-refractivity contribution >= 4 is 0 Å². The maximum absolute atomic E-state index is 4.89. The molecule has 2 heterocycles. The van der Waals surface area contributed by atoms with Gasteiger partial charge in [0.2, 0.25) is 0 Å². The van der Waals surface area contributed by atoms with Gasteiger partial charge in [-0.05, 0) is 72.2 Å². The first-order valence-corrected chi connectivity index (χ1v) is 11.6. The third-order valence-corrected chi connectivity index (χ3v) is 6.83. The standard InChI is InChI=1S/C27H31N3/c1-2-3-6-17-30(26-13-7-10-20-11-8-15-29-27(20)26)19-25-24-18-21-9-4-5-12-22(21)23(24)14-16-28-25/h4-5,8-9,11-12,14-16,26H,2-3,6-7,10,13,17-19H2,1H3/t26-/m0/s1. The average molecular weight is 398 g/mol. The number of nitrogens with zero attached hydrogens (tertiary/aromatic N) is 3. The lowest BCUT2D eigenvalue weighted by molar-refractivity contribution is 0.160. The van der Waals surface area contributed by atoms with E-state index in [-0.39, 0.29) is 0 Å². The number of fused-ring (bicyclic) bond motifs is 4. The molecule has 2 aromatic heterocycles. The summed E-state index contributed by atoms with van der Waals surface area (Å²) in [4.78, 5) is 12.4. The third-order valence-electron chi connectivity index (χ3n) is 6.83. The number of hydrogen-bond acceptors (Lipinski definition) is 3. The van der Waals surface area contributed by atoms with E-state index in [1.807, 2.05) is 12.4 Å². The summed E-state index contributed by atoms with van der Waals surface area (Å²) in [6.07, 6.45) is 12.4. The second kappa shape index (κ2) is 8.69. The second-order valence-electron chi connectivity index (χ2n) is 8.75. The van der Waals surface area contributed by atoms with Gasteiger partial charge in [0.25, 0.3) is 0 Å². The zero-order valence-corrected chi connectivity index (χ0v) is 18.0. The molecule has 0 fully saturated rings. The van der Waals surface area contributed by atoms with Crippen molar-refractivity contribution in [1.29, 1.82) is 0 Å². The first kappa shape index (κ1) is 19.4. The van der Waals surface area contributed by atoms with E-state index in [0.29, 0.717) is 6.04 Å². The lowest BCUT2D eigenvalue weighted by Gasteiger charge is -2.35. The minimum Gasteiger partial charge on any atom is -0.289 e. The van der Waals surface area contributed by atoms with E-state index in [4.69, 9.17) is 9.97 Å². The molecule has 3 nitrogen and oxygen atoms in total. The monoisotopic (exact) mass is 397 g/mol. The molecule has 3 heteroatoms. The Balaban J connectivity index is 1.46. The Hall–Kier alpha value is -2.52. The van der Waals surface area contributed by atoms with Crippen molar-refractivity contribution in [2.24, 2.45) is 0 Å². The zero-order valence-electron chi connectivity index (χ0n) is 18.0. The number of unbranched alkanes of at least 4 members (excludes halogenated alkanes) is 2. The van der Waals surface area contributed by atoms with Crippen LogP contribution in [0.4, 0.5) is 0 Å². The fraction of sp³-hybridized carbons (Fsp3) is 0.407. The van der Waals surface area contributed by atoms with Crippen LogP contribution in [-0.4, -0.2) is 21.4 Å². The van der Waals surface area contributed by atoms with Gasteiger partial charge in [0.05, 0.1) is 17.4 Å². The van der Waals surface area contributed by atoms with E-state index in [1.54, 1.807) is 0 Å². The molecule has 154 valence electrons. The predicted octanol–water partition coefficient (Wildman–Crippen LogP) is 6.12. The summed E-state index contributed by atoms with van der Waals surface area (Å²) in [5.74, 6) is 0. The van der Waals surface area contributed by atoms with E-state index < -0.39 is 0 Å². The summed E-state index contributed by atoms with van der Waals surface area (Å²) >= 11 is 0. The van der Waals surface area contributed by atoms with E-state index in [9.17, 15) is 0 Å². The number of benzene rings is 1. The fourth-order valence-electron chi connectivity index (χ4n) is 5.29. The number of aromatic nitrogens is 2. The molecule has 3 aromatic rings. The Kier molecular flexibility index (Phi) is 5.63. The highest BCUT2D eigenvalue weighted by atomic mass is 15.2. The van der Waals surface area contributed by atoms with Gasteiger partial charge in [0.15, 0.2) is 0 Å². The molecule has 2 aliphatic carbocycles. The minimum absolute atomic E-state index is 0.410. The van der Waals surface area contributed by atoms with Crippen molar-refractivity contribution in [2.45, 2.75) is 64.5 Å². The van der Waals surface area contributed by atoms with Crippen molar-refractivity contribution in [2.75, 3.05) is 6.54 Å². The Labute approximate surface area is 180 Å². The molecule has 30 heavy (non-hydrogen) atoms. The maximum Gasteiger partial charge on any atom is 0.0607 e. The highest BCUT2D eigenvalue weighted by Crippen LogP contribution is 2.39. The molecule has 0 saturated heterocycles. The molecule has 0 unspecified atom stereocenters. The summed E-state index contributed by atoms with van der Waals surface area (Å²) in [7, 11) is 0. The Bertz CT molecular complexity index is 1030. The van der Waals surface area contributed by atoms with Crippen LogP contribution < -0.4 is 0 Å². The van der Waals surface area contributed by atoms with E-state index in [1.165, 1.54) is 71.3 Å². The van der Waals surface area contributed by atoms with Gasteiger partial charge in [-0.2, -0.15) is 0 Å². The molecule has 1 aromatic carbocycles. The van der Waals surface area contributed by atoms with Crippen LogP contribution >= 0.6 is 0 Å². The summed E-state index contributed by atoms with van der Waals surface area (Å²) in [6, 6.07) is 15.8. The molecular formula is C27H31N3. The lowest BCUT2D eigenvalue weighted by Crippen LogP contribution is -2.33. The zero-order chi connectivity index (χ0) is 20.3. The van der Waals surface area contributed by atoms with Gasteiger partial charge in [-0.15, -0.1) is 0 Å². The maximum atomic E-state index is 4.89. The van der Waals surface area contributed by atoms with Crippen LogP contribution in [0.15, 0.2) is 54.9 Å². The van der Waals surface area contributed by atoms with Crippen molar-refractivity contribution in [3.05, 3.63) is 82.9 Å². The largest absolute Gasteiger partial charge is 0.289 e. The fourth-order valence-corrected chi connectivity index (χ4v) is 5.29. The minimum atomic E-state index is 0.410. The SMILES string of the molecule is CCCCCN(Cc1nccc2c1Cc1ccccc1-2)[C@H]1CCCc2cccnc21. The molecule has 0 spiro atoms. The van der Waals surface area contributed by atoms with Gasteiger partial charge in [-0.1, -0.05) is 50.1 Å². The number of pyridine rings is 2. The van der Waals surface area contributed by atoms with Gasteiger partial charge >= 0.3 is 0 Å². The molecule has 0 amide bonds. The molecule has 0 radical (unpaired) electrons. The Morgan fingerprint density at radius 3 is 2.77 bits per heavy atom. The summed E-state index contributed by atoms with van der Waals surface area (Å²) < 4.78 is 0. The van der Waals surface area contributed by atoms with E-state index in [0.717, 1.165) is 25.9 Å². The third kappa shape index (κ3) is 3.67. The van der Waals surface area contributed by atoms with E-state index in [2.05, 4.69) is 54.3 Å². The summed E-state index contributed by atoms with van der Waals surface area (Å²) in [5, 5.41) is 0. The van der Waals surface area contributed by atoms with Gasteiger partial charge in [0.1, 0.15) is 0 Å². The summed E-state index contributed by atoms with van der Waals surface area (Å²) in [5.41, 5.74) is 9.62. The molecular weight excluding hydrogens is 366 g/mol. The summed E-state index contributed by atoms with van der Waals surface area (Å²) in [6.45, 7) is 4.32. The van der Waals surface area contributed by atoms with Crippen LogP contribution in [0.5, 0.6) is 0 Å². The molecule has 0 saturated carbocycles. The van der Waals surface area contributed by atoms with Crippen LogP contribution in [0.25, 0.3) is 11.1 Å². The van der Waals surface area contributed by atoms with Gasteiger partial charge in [-0.25, -0.2) is 0 Å². The van der Waals surface area contributed by atoms with Crippen molar-refractivity contribution in [3.8, 4) is 11.1 Å². The van der Waals surface area contributed by atoms with Crippen molar-refractivity contribution in [3.63, 3.8) is 0 Å². The van der Waals surface area contributed by atoms with Crippen LogP contribution in [0.1, 0.15) is 73.1 Å². The van der Waals surface area contributed by atoms with Crippen LogP contribution in [0, 0.1) is 0 Å². The smallest absolute Gasteiger partial charge is 0.0607 e. The number of aryl methyl sites for hydroxylation is 1. The predicted molar refractivity (Wildman–Crippen MR) is 122 cm³/mol. The molecule has 5 rings (SSSR count). The average Bonchev–Trinajstić information content (AvgIpc) is 3.18. The first-order valence-electron chi connectivity index (χ1n) is 11.6. The Morgan fingerprint density at radius 2 is 1.83 bits per heavy atom. The number of hydrogen-bond donors (Lipinski definition) is 0. The molecule has 2 aliphatic rings. The van der Waals surface area contributed by atoms with Gasteiger partial charge in [0, 0.05) is 25.4 Å². The normalized spacial score (nSPS) is 16.9. The van der Waals surface area contributed by atoms with Crippen LogP contribution in [-0.2, 0) is 19.4 Å². The van der Waals surface area contributed by atoms with Crippen LogP contribution in [0.3, 0.4) is 0 Å². The van der Waals surface area contributed by atoms with Crippen LogP contribution in [0.2, 0.25) is 0 Å². The topological polar surface area (TPSA) is 29.0 Å². The van der Waals surface area contributed by atoms with Gasteiger partial charge < -0.3 is 0 Å². The van der Waals surface area contributed by atoms with Gasteiger partial charge in [-0.3, -0.25) is 14.9 Å². The molecule has 0 aliphatic heterocycles. The molecule has 0 N–H and O–H groups in total. The quantitative estimate of drug-likeness (QED) is 0.352. The van der Waals surface area contributed by atoms with Crippen molar-refractivity contribution in [1.82, 2.24) is 14.9 Å². The molecule has 0 bridgehead atoms. The Morgan fingerprint density at radius 1 is 0.933 bits per heavy atom. The number of rotatable bonds is 7. The van der Waals surface area contributed by atoms with Crippen molar-refractivity contribution < 1.29 is 0 Å². The highest BCUT2D eigenvalue weighted by Gasteiger charge is 2.29. The second-order valence-corrected chi connectivity index (χ2v) is 8.75. The highest BCUT2D eigenvalue weighted by molar-refractivity contribution is 5.77. The first-order chi connectivity index (χ1) is 14.8. The molecule has 1 atom stereocenters. The van der Waals surface area contributed by atoms with E-state index >= 15 is 0 Å². The lowest BCUT2D eigenvalue weighted by atomic mass is 9.90.